The summed E-state index contributed by atoms with van der Waals surface area (Å²) in [7, 11) is 0. The third-order valence-corrected chi connectivity index (χ3v) is 5.70. The molecule has 0 bridgehead atoms. The van der Waals surface area contributed by atoms with E-state index in [1.807, 2.05) is 28.8 Å². The quantitative estimate of drug-likeness (QED) is 0.718. The molecule has 1 saturated heterocycles. The number of anilines is 1. The van der Waals surface area contributed by atoms with E-state index in [0.717, 1.165) is 37.4 Å². The number of benzene rings is 1. The van der Waals surface area contributed by atoms with Crippen LogP contribution in [0.2, 0.25) is 10.0 Å². The predicted octanol–water partition coefficient (Wildman–Crippen LogP) is 3.85. The van der Waals surface area contributed by atoms with E-state index in [9.17, 15) is 4.79 Å². The van der Waals surface area contributed by atoms with Gasteiger partial charge in [0.25, 0.3) is 0 Å². The fourth-order valence-corrected chi connectivity index (χ4v) is 3.83. The van der Waals surface area contributed by atoms with Crippen LogP contribution in [-0.2, 0) is 4.79 Å². The Kier molecular flexibility index (Phi) is 5.29. The van der Waals surface area contributed by atoms with Crippen LogP contribution in [0.3, 0.4) is 0 Å². The summed E-state index contributed by atoms with van der Waals surface area (Å²) in [5, 5.41) is 12.2. The van der Waals surface area contributed by atoms with Crippen molar-refractivity contribution in [1.29, 1.82) is 0 Å². The fourth-order valence-electron chi connectivity index (χ4n) is 3.48. The van der Waals surface area contributed by atoms with E-state index >= 15 is 0 Å². The predicted molar refractivity (Wildman–Crippen MR) is 106 cm³/mol. The molecule has 3 heterocycles. The maximum absolute atomic E-state index is 12.3. The van der Waals surface area contributed by atoms with Gasteiger partial charge in [0, 0.05) is 12.1 Å². The highest BCUT2D eigenvalue weighted by molar-refractivity contribution is 6.44. The summed E-state index contributed by atoms with van der Waals surface area (Å²) in [4.78, 5) is 14.5. The number of carbonyl (C=O) groups excluding carboxylic acids is 1. The van der Waals surface area contributed by atoms with Gasteiger partial charge < -0.3 is 5.32 Å². The highest BCUT2D eigenvalue weighted by Crippen LogP contribution is 2.30. The molecule has 6 nitrogen and oxygen atoms in total. The second-order valence-corrected chi connectivity index (χ2v) is 7.47. The lowest BCUT2D eigenvalue weighted by molar-refractivity contribution is -0.117. The number of rotatable bonds is 4. The molecule has 1 amide bonds. The number of likely N-dealkylation sites (tertiary alicyclic amines) is 1. The summed E-state index contributed by atoms with van der Waals surface area (Å²) in [6.45, 7) is 2.00. The number of piperidine rings is 1. The Hall–Kier alpha value is -2.15. The molecule has 1 fully saturated rings. The molecular formula is C19H19Cl2N5O. The Morgan fingerprint density at radius 3 is 2.74 bits per heavy atom. The Balaban J connectivity index is 1.34. The summed E-state index contributed by atoms with van der Waals surface area (Å²) in [6.07, 6.45) is 3.89. The van der Waals surface area contributed by atoms with E-state index in [4.69, 9.17) is 23.2 Å². The van der Waals surface area contributed by atoms with Gasteiger partial charge in [0.15, 0.2) is 5.65 Å². The van der Waals surface area contributed by atoms with Gasteiger partial charge in [-0.3, -0.25) is 14.1 Å². The minimum atomic E-state index is -0.0921. The lowest BCUT2D eigenvalue weighted by atomic mass is 9.96. The number of nitrogens with one attached hydrogen (secondary N) is 1. The molecule has 2 aromatic heterocycles. The summed E-state index contributed by atoms with van der Waals surface area (Å²) in [5.41, 5.74) is 1.41. The van der Waals surface area contributed by atoms with Crippen molar-refractivity contribution >= 4 is 40.4 Å². The van der Waals surface area contributed by atoms with Crippen molar-refractivity contribution < 1.29 is 4.79 Å². The normalized spacial score (nSPS) is 15.9. The number of amides is 1. The molecule has 1 aliphatic heterocycles. The topological polar surface area (TPSA) is 62.5 Å². The first-order valence-electron chi connectivity index (χ1n) is 8.87. The summed E-state index contributed by atoms with van der Waals surface area (Å²) in [5.74, 6) is 1.26. The average molecular weight is 404 g/mol. The highest BCUT2D eigenvalue weighted by atomic mass is 35.5. The van der Waals surface area contributed by atoms with Crippen molar-refractivity contribution in [2.24, 2.45) is 0 Å². The third-order valence-electron chi connectivity index (χ3n) is 4.89. The molecule has 1 aliphatic rings. The van der Waals surface area contributed by atoms with Crippen molar-refractivity contribution in [3.63, 3.8) is 0 Å². The number of hydrogen-bond donors (Lipinski definition) is 1. The molecule has 140 valence electrons. The molecule has 3 aromatic rings. The van der Waals surface area contributed by atoms with E-state index in [1.54, 1.807) is 18.2 Å². The molecule has 0 aliphatic carbocycles. The first-order valence-corrected chi connectivity index (χ1v) is 9.63. The molecule has 27 heavy (non-hydrogen) atoms. The Bertz CT molecular complexity index is 966. The number of pyridine rings is 1. The van der Waals surface area contributed by atoms with Gasteiger partial charge in [-0.2, -0.15) is 0 Å². The second-order valence-electron chi connectivity index (χ2n) is 6.69. The van der Waals surface area contributed by atoms with E-state index in [-0.39, 0.29) is 5.91 Å². The third kappa shape index (κ3) is 3.93. The van der Waals surface area contributed by atoms with E-state index in [2.05, 4.69) is 20.4 Å². The minimum absolute atomic E-state index is 0.0921. The SMILES string of the molecule is O=C(CN1CCC(c2nnc3ccccn23)CC1)Nc1cccc(Cl)c1Cl. The zero-order valence-corrected chi connectivity index (χ0v) is 16.1. The molecule has 4 rings (SSSR count). The first kappa shape index (κ1) is 18.2. The molecular weight excluding hydrogens is 385 g/mol. The van der Waals surface area contributed by atoms with Crippen LogP contribution in [0.25, 0.3) is 5.65 Å². The van der Waals surface area contributed by atoms with Crippen LogP contribution in [0.1, 0.15) is 24.6 Å². The second kappa shape index (κ2) is 7.84. The zero-order chi connectivity index (χ0) is 18.8. The lowest BCUT2D eigenvalue weighted by Gasteiger charge is -2.30. The van der Waals surface area contributed by atoms with E-state index in [1.165, 1.54) is 0 Å². The van der Waals surface area contributed by atoms with Crippen LogP contribution in [0.5, 0.6) is 0 Å². The number of aromatic nitrogens is 3. The molecule has 0 unspecified atom stereocenters. The number of nitrogens with zero attached hydrogens (tertiary/aromatic N) is 4. The molecule has 1 aromatic carbocycles. The van der Waals surface area contributed by atoms with Crippen molar-refractivity contribution in [3.05, 3.63) is 58.5 Å². The van der Waals surface area contributed by atoms with Gasteiger partial charge in [0.05, 0.1) is 22.3 Å². The van der Waals surface area contributed by atoms with Crippen LogP contribution in [0.4, 0.5) is 5.69 Å². The minimum Gasteiger partial charge on any atom is -0.324 e. The highest BCUT2D eigenvalue weighted by Gasteiger charge is 2.25. The molecule has 0 saturated carbocycles. The number of halogens is 2. The van der Waals surface area contributed by atoms with Crippen LogP contribution in [0, 0.1) is 0 Å². The maximum Gasteiger partial charge on any atom is 0.238 e. The standard InChI is InChI=1S/C19H19Cl2N5O/c20-14-4-3-5-15(18(14)21)22-17(27)12-25-10-7-13(8-11-25)19-24-23-16-6-1-2-9-26(16)19/h1-6,9,13H,7-8,10-12H2,(H,22,27). The molecule has 1 N–H and O–H groups in total. The first-order chi connectivity index (χ1) is 13.1. The molecule has 0 radical (unpaired) electrons. The van der Waals surface area contributed by atoms with Crippen LogP contribution >= 0.6 is 23.2 Å². The Morgan fingerprint density at radius 2 is 1.93 bits per heavy atom. The van der Waals surface area contributed by atoms with Crippen molar-refractivity contribution in [1.82, 2.24) is 19.5 Å². The van der Waals surface area contributed by atoms with Crippen LogP contribution < -0.4 is 5.32 Å². The fraction of sp³-hybridized carbons (Fsp3) is 0.316. The smallest absolute Gasteiger partial charge is 0.238 e. The zero-order valence-electron chi connectivity index (χ0n) is 14.6. The maximum atomic E-state index is 12.3. The van der Waals surface area contributed by atoms with E-state index in [0.29, 0.717) is 28.2 Å². The lowest BCUT2D eigenvalue weighted by Crippen LogP contribution is -2.39. The van der Waals surface area contributed by atoms with Gasteiger partial charge in [0.2, 0.25) is 5.91 Å². The van der Waals surface area contributed by atoms with E-state index < -0.39 is 0 Å². The number of carbonyl (C=O) groups is 1. The van der Waals surface area contributed by atoms with Gasteiger partial charge in [-0.15, -0.1) is 10.2 Å². The Labute approximate surface area is 167 Å². The largest absolute Gasteiger partial charge is 0.324 e. The average Bonchev–Trinajstić information content (AvgIpc) is 3.10. The Morgan fingerprint density at radius 1 is 1.11 bits per heavy atom. The molecule has 0 atom stereocenters. The van der Waals surface area contributed by atoms with Gasteiger partial charge >= 0.3 is 0 Å². The summed E-state index contributed by atoms with van der Waals surface area (Å²) >= 11 is 12.1. The summed E-state index contributed by atoms with van der Waals surface area (Å²) < 4.78 is 2.05. The number of hydrogen-bond acceptors (Lipinski definition) is 4. The van der Waals surface area contributed by atoms with Crippen LogP contribution in [-0.4, -0.2) is 45.0 Å². The molecule has 8 heteroatoms. The van der Waals surface area contributed by atoms with Gasteiger partial charge in [-0.1, -0.05) is 35.3 Å². The van der Waals surface area contributed by atoms with Crippen LogP contribution in [0.15, 0.2) is 42.6 Å². The van der Waals surface area contributed by atoms with Gasteiger partial charge in [-0.25, -0.2) is 0 Å². The number of fused-ring (bicyclic) bond motifs is 1. The summed E-state index contributed by atoms with van der Waals surface area (Å²) in [6, 6.07) is 11.1. The van der Waals surface area contributed by atoms with Crippen molar-refractivity contribution in [2.45, 2.75) is 18.8 Å². The van der Waals surface area contributed by atoms with Gasteiger partial charge in [-0.05, 0) is 50.2 Å². The van der Waals surface area contributed by atoms with Crippen molar-refractivity contribution in [3.8, 4) is 0 Å². The molecule has 0 spiro atoms. The van der Waals surface area contributed by atoms with Crippen molar-refractivity contribution in [2.75, 3.05) is 25.0 Å². The monoisotopic (exact) mass is 403 g/mol. The van der Waals surface area contributed by atoms with Gasteiger partial charge in [0.1, 0.15) is 5.82 Å².